The van der Waals surface area contributed by atoms with Crippen LogP contribution in [0.5, 0.6) is 5.75 Å². The predicted octanol–water partition coefficient (Wildman–Crippen LogP) is 2.24. The Kier molecular flexibility index (Phi) is 7.75. The van der Waals surface area contributed by atoms with Gasteiger partial charge in [0.05, 0.1) is 6.54 Å². The molecule has 1 aliphatic rings. The number of aryl methyl sites for hydroxylation is 1. The number of nitrogens with zero attached hydrogens (tertiary/aromatic N) is 2. The fraction of sp³-hybridized carbons (Fsp3) is 0.611. The monoisotopic (exact) mass is 436 g/mol. The van der Waals surface area contributed by atoms with Crippen LogP contribution in [0.4, 0.5) is 13.2 Å². The minimum Gasteiger partial charge on any atom is -0.489 e. The molecule has 0 aliphatic carbocycles. The van der Waals surface area contributed by atoms with E-state index in [1.807, 2.05) is 38.1 Å². The van der Waals surface area contributed by atoms with Gasteiger partial charge in [-0.15, -0.1) is 0 Å². The number of ether oxygens (including phenoxy) is 1. The molecule has 2 rings (SSSR count). The lowest BCUT2D eigenvalue weighted by Gasteiger charge is -2.32. The van der Waals surface area contributed by atoms with Gasteiger partial charge in [0.25, 0.3) is 0 Å². The van der Waals surface area contributed by atoms with Crippen molar-refractivity contribution in [2.24, 2.45) is 4.99 Å². The Morgan fingerprint density at radius 1 is 1.34 bits per heavy atom. The molecule has 2 N–H and O–H groups in total. The van der Waals surface area contributed by atoms with Crippen molar-refractivity contribution < 1.29 is 26.3 Å². The summed E-state index contributed by atoms with van der Waals surface area (Å²) in [7, 11) is -3.68. The molecule has 1 unspecified atom stereocenters. The highest BCUT2D eigenvalue weighted by molar-refractivity contribution is 7.90. The minimum atomic E-state index is -5.27. The number of hydrogen-bond donors (Lipinski definition) is 2. The third-order valence-electron chi connectivity index (χ3n) is 4.53. The number of alkyl halides is 3. The van der Waals surface area contributed by atoms with Gasteiger partial charge in [0.2, 0.25) is 0 Å². The molecule has 0 spiro atoms. The van der Waals surface area contributed by atoms with Crippen molar-refractivity contribution in [2.45, 2.75) is 44.3 Å². The molecule has 164 valence electrons. The van der Waals surface area contributed by atoms with Gasteiger partial charge in [0.15, 0.2) is 5.96 Å². The maximum Gasteiger partial charge on any atom is 0.511 e. The summed E-state index contributed by atoms with van der Waals surface area (Å²) >= 11 is 0. The van der Waals surface area contributed by atoms with Crippen LogP contribution in [-0.2, 0) is 10.0 Å². The number of piperidine rings is 1. The lowest BCUT2D eigenvalue weighted by molar-refractivity contribution is -0.0494. The normalized spacial score (nSPS) is 18.3. The lowest BCUT2D eigenvalue weighted by Crippen LogP contribution is -2.52. The Labute approximate surface area is 169 Å². The van der Waals surface area contributed by atoms with Crippen LogP contribution >= 0.6 is 0 Å². The van der Waals surface area contributed by atoms with Crippen LogP contribution in [0.2, 0.25) is 0 Å². The summed E-state index contributed by atoms with van der Waals surface area (Å²) < 4.78 is 67.2. The summed E-state index contributed by atoms with van der Waals surface area (Å²) in [5.74, 6) is 1.25. The fourth-order valence-corrected chi connectivity index (χ4v) is 3.96. The molecule has 0 amide bonds. The minimum absolute atomic E-state index is 0.144. The van der Waals surface area contributed by atoms with Crippen molar-refractivity contribution in [3.63, 3.8) is 0 Å². The molecule has 0 radical (unpaired) electrons. The van der Waals surface area contributed by atoms with Crippen molar-refractivity contribution in [1.82, 2.24) is 14.9 Å². The molecule has 7 nitrogen and oxygen atoms in total. The van der Waals surface area contributed by atoms with Gasteiger partial charge in [0, 0.05) is 26.2 Å². The van der Waals surface area contributed by atoms with E-state index in [1.54, 1.807) is 7.05 Å². The molecule has 11 heteroatoms. The van der Waals surface area contributed by atoms with Crippen LogP contribution in [0.1, 0.15) is 25.3 Å². The van der Waals surface area contributed by atoms with Gasteiger partial charge in [-0.05, 0) is 44.4 Å². The van der Waals surface area contributed by atoms with Crippen LogP contribution in [0.15, 0.2) is 29.3 Å². The molecule has 0 aromatic heterocycles. The van der Waals surface area contributed by atoms with E-state index in [0.29, 0.717) is 16.8 Å². The number of aliphatic imine (C=N–C) groups is 1. The Balaban J connectivity index is 1.79. The molecule has 1 heterocycles. The first-order valence-electron chi connectivity index (χ1n) is 9.30. The van der Waals surface area contributed by atoms with Crippen molar-refractivity contribution >= 4 is 16.0 Å². The molecule has 1 saturated heterocycles. The molecule has 0 bridgehead atoms. The van der Waals surface area contributed by atoms with E-state index in [9.17, 15) is 21.6 Å². The molecule has 0 saturated carbocycles. The van der Waals surface area contributed by atoms with E-state index in [-0.39, 0.29) is 38.1 Å². The summed E-state index contributed by atoms with van der Waals surface area (Å²) in [6.45, 7) is 3.97. The number of benzene rings is 1. The SMILES string of the molecule is CN=C(NCC(C)Oc1cccc(C)c1)NC1CCN(S(=O)(=O)C(F)(F)F)CC1. The van der Waals surface area contributed by atoms with Crippen LogP contribution in [-0.4, -0.2) is 63.0 Å². The van der Waals surface area contributed by atoms with Crippen LogP contribution < -0.4 is 15.4 Å². The first-order chi connectivity index (χ1) is 13.5. The van der Waals surface area contributed by atoms with Crippen LogP contribution in [0.3, 0.4) is 0 Å². The zero-order chi connectivity index (χ0) is 21.7. The molecular weight excluding hydrogens is 409 g/mol. The number of halogens is 3. The van der Waals surface area contributed by atoms with Gasteiger partial charge in [-0.1, -0.05) is 12.1 Å². The molecule has 1 atom stereocenters. The third-order valence-corrected chi connectivity index (χ3v) is 6.16. The van der Waals surface area contributed by atoms with Gasteiger partial charge in [-0.3, -0.25) is 4.99 Å². The standard InChI is InChI=1S/C18H27F3N4O3S/c1-13-5-4-6-16(11-13)28-14(2)12-23-17(22-3)24-15-7-9-25(10-8-15)29(26,27)18(19,20)21/h4-6,11,14-15H,7-10,12H2,1-3H3,(H2,22,23,24). The Morgan fingerprint density at radius 2 is 2.00 bits per heavy atom. The maximum atomic E-state index is 12.6. The largest absolute Gasteiger partial charge is 0.511 e. The smallest absolute Gasteiger partial charge is 0.489 e. The predicted molar refractivity (Wildman–Crippen MR) is 105 cm³/mol. The summed E-state index contributed by atoms with van der Waals surface area (Å²) in [5.41, 5.74) is -4.17. The highest BCUT2D eigenvalue weighted by Crippen LogP contribution is 2.28. The Bertz CT molecular complexity index is 807. The zero-order valence-corrected chi connectivity index (χ0v) is 17.5. The second-order valence-corrected chi connectivity index (χ2v) is 8.90. The van der Waals surface area contributed by atoms with Crippen LogP contribution in [0.25, 0.3) is 0 Å². The van der Waals surface area contributed by atoms with Crippen molar-refractivity contribution in [3.8, 4) is 5.75 Å². The molecule has 1 aromatic rings. The number of guanidine groups is 1. The van der Waals surface area contributed by atoms with Crippen LogP contribution in [0, 0.1) is 6.92 Å². The zero-order valence-electron chi connectivity index (χ0n) is 16.7. The molecule has 29 heavy (non-hydrogen) atoms. The summed E-state index contributed by atoms with van der Waals surface area (Å²) in [6, 6.07) is 7.53. The second kappa shape index (κ2) is 9.66. The highest BCUT2D eigenvalue weighted by Gasteiger charge is 2.50. The quantitative estimate of drug-likeness (QED) is 0.528. The number of rotatable bonds is 6. The summed E-state index contributed by atoms with van der Waals surface area (Å²) in [5, 5.41) is 6.24. The first-order valence-corrected chi connectivity index (χ1v) is 10.7. The van der Waals surface area contributed by atoms with E-state index in [2.05, 4.69) is 15.6 Å². The van der Waals surface area contributed by atoms with E-state index in [4.69, 9.17) is 4.74 Å². The maximum absolute atomic E-state index is 12.6. The molecule has 1 aromatic carbocycles. The summed E-state index contributed by atoms with van der Waals surface area (Å²) in [6.07, 6.45) is 0.366. The van der Waals surface area contributed by atoms with Gasteiger partial charge >= 0.3 is 15.5 Å². The topological polar surface area (TPSA) is 83.0 Å². The highest BCUT2D eigenvalue weighted by atomic mass is 32.2. The number of hydrogen-bond acceptors (Lipinski definition) is 4. The Hall–Kier alpha value is -2.01. The van der Waals surface area contributed by atoms with Crippen molar-refractivity contribution in [2.75, 3.05) is 26.7 Å². The third kappa shape index (κ3) is 6.49. The molecule has 1 fully saturated rings. The van der Waals surface area contributed by atoms with Crippen molar-refractivity contribution in [3.05, 3.63) is 29.8 Å². The Morgan fingerprint density at radius 3 is 2.55 bits per heavy atom. The van der Waals surface area contributed by atoms with E-state index < -0.39 is 15.5 Å². The van der Waals surface area contributed by atoms with Gasteiger partial charge in [-0.2, -0.15) is 17.5 Å². The lowest BCUT2D eigenvalue weighted by atomic mass is 10.1. The average Bonchev–Trinajstić information content (AvgIpc) is 2.64. The second-order valence-electron chi connectivity index (χ2n) is 6.97. The first kappa shape index (κ1) is 23.3. The molecule has 1 aliphatic heterocycles. The number of nitrogens with one attached hydrogen (secondary N) is 2. The molecular formula is C18H27F3N4O3S. The van der Waals surface area contributed by atoms with Gasteiger partial charge < -0.3 is 15.4 Å². The van der Waals surface area contributed by atoms with E-state index >= 15 is 0 Å². The van der Waals surface area contributed by atoms with Gasteiger partial charge in [-0.25, -0.2) is 8.42 Å². The fourth-order valence-electron chi connectivity index (χ4n) is 2.98. The van der Waals surface area contributed by atoms with Gasteiger partial charge in [0.1, 0.15) is 11.9 Å². The average molecular weight is 437 g/mol. The van der Waals surface area contributed by atoms with Crippen molar-refractivity contribution in [1.29, 1.82) is 0 Å². The summed E-state index contributed by atoms with van der Waals surface area (Å²) in [4.78, 5) is 4.11. The number of sulfonamides is 1. The van der Waals surface area contributed by atoms with E-state index in [0.717, 1.165) is 11.3 Å². The van der Waals surface area contributed by atoms with E-state index in [1.165, 1.54) is 0 Å².